The van der Waals surface area contributed by atoms with E-state index < -0.39 is 0 Å². The van der Waals surface area contributed by atoms with Crippen LogP contribution in [0.15, 0.2) is 114 Å². The molecule has 0 bridgehead atoms. The molecular weight excluding hydrogens is 344 g/mol. The predicted molar refractivity (Wildman–Crippen MR) is 112 cm³/mol. The van der Waals surface area contributed by atoms with E-state index in [1.54, 1.807) is 6.20 Å². The molecule has 4 rings (SSSR count). The minimum absolute atomic E-state index is 0.0219. The summed E-state index contributed by atoms with van der Waals surface area (Å²) in [4.78, 5) is 17.5. The Morgan fingerprint density at radius 2 is 1.50 bits per heavy atom. The van der Waals surface area contributed by atoms with Gasteiger partial charge in [-0.15, -0.1) is 0 Å². The van der Waals surface area contributed by atoms with Crippen LogP contribution in [-0.4, -0.2) is 10.8 Å². The maximum Gasteiger partial charge on any atom is 0.193 e. The second-order valence-electron chi connectivity index (χ2n) is 6.46. The van der Waals surface area contributed by atoms with Crippen LogP contribution in [-0.2, 0) is 6.54 Å². The molecule has 0 aliphatic heterocycles. The second-order valence-corrected chi connectivity index (χ2v) is 6.46. The second kappa shape index (κ2) is 8.31. The standard InChI is InChI=1S/C25H20N2O/c28-25(20-12-5-2-6-13-20)23-16-9-15-22(23)24(19-10-3-1-4-11-19)27-18-21-14-7-8-17-26-21/h1-17,27H,18H2. The Morgan fingerprint density at radius 3 is 2.18 bits per heavy atom. The number of aromatic nitrogens is 1. The molecule has 0 saturated carbocycles. The van der Waals surface area contributed by atoms with Gasteiger partial charge in [-0.05, 0) is 17.7 Å². The molecule has 3 nitrogen and oxygen atoms in total. The van der Waals surface area contributed by atoms with Gasteiger partial charge in [-0.1, -0.05) is 85.0 Å². The molecule has 3 aromatic rings. The number of nitrogens with zero attached hydrogens (tertiary/aromatic N) is 1. The Morgan fingerprint density at radius 1 is 0.821 bits per heavy atom. The van der Waals surface area contributed by atoms with Crippen molar-refractivity contribution in [1.82, 2.24) is 10.3 Å². The van der Waals surface area contributed by atoms with Crippen LogP contribution in [0.1, 0.15) is 21.6 Å². The van der Waals surface area contributed by atoms with Crippen molar-refractivity contribution in [3.05, 3.63) is 131 Å². The lowest BCUT2D eigenvalue weighted by atomic mass is 9.95. The zero-order valence-electron chi connectivity index (χ0n) is 15.4. The Labute approximate surface area is 164 Å². The van der Waals surface area contributed by atoms with Crippen LogP contribution in [0.25, 0.3) is 5.70 Å². The van der Waals surface area contributed by atoms with Gasteiger partial charge >= 0.3 is 0 Å². The summed E-state index contributed by atoms with van der Waals surface area (Å²) in [6.07, 6.45) is 7.59. The molecule has 0 radical (unpaired) electrons. The summed E-state index contributed by atoms with van der Waals surface area (Å²) in [5, 5.41) is 3.50. The third kappa shape index (κ3) is 3.84. The van der Waals surface area contributed by atoms with Crippen molar-refractivity contribution >= 4 is 11.5 Å². The minimum Gasteiger partial charge on any atom is -0.378 e. The fraction of sp³-hybridized carbons (Fsp3) is 0.0400. The fourth-order valence-corrected chi connectivity index (χ4v) is 3.22. The summed E-state index contributed by atoms with van der Waals surface area (Å²) in [7, 11) is 0. The number of allylic oxidation sites excluding steroid dienone is 5. The van der Waals surface area contributed by atoms with E-state index in [0.717, 1.165) is 22.5 Å². The highest BCUT2D eigenvalue weighted by Gasteiger charge is 2.21. The minimum atomic E-state index is 0.0219. The SMILES string of the molecule is O=C(C1=CC=CC1=C(NCc1ccccn1)c1ccccc1)c1ccccc1. The van der Waals surface area contributed by atoms with Crippen LogP contribution in [0, 0.1) is 0 Å². The quantitative estimate of drug-likeness (QED) is 0.629. The van der Waals surface area contributed by atoms with Crippen molar-refractivity contribution in [3.8, 4) is 0 Å². The Balaban J connectivity index is 1.71. The predicted octanol–water partition coefficient (Wildman–Crippen LogP) is 4.96. The lowest BCUT2D eigenvalue weighted by Gasteiger charge is -2.16. The van der Waals surface area contributed by atoms with Crippen LogP contribution in [0.5, 0.6) is 0 Å². The molecule has 2 aromatic carbocycles. The molecule has 0 amide bonds. The van der Waals surface area contributed by atoms with Crippen molar-refractivity contribution in [3.63, 3.8) is 0 Å². The van der Waals surface area contributed by atoms with Gasteiger partial charge < -0.3 is 5.32 Å². The molecular formula is C25H20N2O. The molecule has 3 heteroatoms. The number of hydrogen-bond acceptors (Lipinski definition) is 3. The lowest BCUT2D eigenvalue weighted by Crippen LogP contribution is -2.16. The zero-order chi connectivity index (χ0) is 19.2. The van der Waals surface area contributed by atoms with Crippen molar-refractivity contribution in [2.45, 2.75) is 6.54 Å². The first-order valence-electron chi connectivity index (χ1n) is 9.25. The summed E-state index contributed by atoms with van der Waals surface area (Å²) < 4.78 is 0. The molecule has 0 unspecified atom stereocenters. The average molecular weight is 364 g/mol. The number of Topliss-reactive ketones (excluding diaryl/α,β-unsaturated/α-hetero) is 1. The molecule has 0 spiro atoms. The maximum atomic E-state index is 13.1. The van der Waals surface area contributed by atoms with Gasteiger partial charge in [0.25, 0.3) is 0 Å². The van der Waals surface area contributed by atoms with Crippen LogP contribution < -0.4 is 5.32 Å². The first-order valence-corrected chi connectivity index (χ1v) is 9.25. The van der Waals surface area contributed by atoms with E-state index in [1.807, 2.05) is 97.1 Å². The number of ketones is 1. The summed E-state index contributed by atoms with van der Waals surface area (Å²) in [6.45, 7) is 0.579. The van der Waals surface area contributed by atoms with Crippen LogP contribution in [0.3, 0.4) is 0 Å². The topological polar surface area (TPSA) is 42.0 Å². The molecule has 1 N–H and O–H groups in total. The van der Waals surface area contributed by atoms with E-state index in [0.29, 0.717) is 17.7 Å². The molecule has 136 valence electrons. The summed E-state index contributed by atoms with van der Waals surface area (Å²) in [6, 6.07) is 25.3. The molecule has 1 aliphatic rings. The van der Waals surface area contributed by atoms with E-state index in [2.05, 4.69) is 10.3 Å². The first-order chi connectivity index (χ1) is 13.8. The number of pyridine rings is 1. The monoisotopic (exact) mass is 364 g/mol. The highest BCUT2D eigenvalue weighted by molar-refractivity contribution is 6.14. The van der Waals surface area contributed by atoms with Gasteiger partial charge in [-0.2, -0.15) is 0 Å². The molecule has 1 aromatic heterocycles. The van der Waals surface area contributed by atoms with E-state index in [-0.39, 0.29) is 5.78 Å². The highest BCUT2D eigenvalue weighted by Crippen LogP contribution is 2.29. The molecule has 0 saturated heterocycles. The Hall–Kier alpha value is -3.72. The van der Waals surface area contributed by atoms with Crippen LogP contribution >= 0.6 is 0 Å². The highest BCUT2D eigenvalue weighted by atomic mass is 16.1. The lowest BCUT2D eigenvalue weighted by molar-refractivity contribution is 0.103. The van der Waals surface area contributed by atoms with E-state index in [4.69, 9.17) is 0 Å². The number of carbonyl (C=O) groups is 1. The smallest absolute Gasteiger partial charge is 0.193 e. The van der Waals surface area contributed by atoms with E-state index >= 15 is 0 Å². The molecule has 0 fully saturated rings. The molecule has 1 aliphatic carbocycles. The van der Waals surface area contributed by atoms with Gasteiger partial charge in [0.2, 0.25) is 0 Å². The van der Waals surface area contributed by atoms with E-state index in [9.17, 15) is 4.79 Å². The molecule has 28 heavy (non-hydrogen) atoms. The third-order valence-electron chi connectivity index (χ3n) is 4.60. The summed E-state index contributed by atoms with van der Waals surface area (Å²) >= 11 is 0. The normalized spacial score (nSPS) is 14.5. The van der Waals surface area contributed by atoms with Crippen LogP contribution in [0.4, 0.5) is 0 Å². The summed E-state index contributed by atoms with van der Waals surface area (Å²) in [5.41, 5.74) is 5.18. The average Bonchev–Trinajstić information content (AvgIpc) is 3.25. The van der Waals surface area contributed by atoms with Gasteiger partial charge in [0.1, 0.15) is 0 Å². The van der Waals surface area contributed by atoms with E-state index in [1.165, 1.54) is 0 Å². The molecule has 1 heterocycles. The third-order valence-corrected chi connectivity index (χ3v) is 4.60. The number of benzene rings is 2. The zero-order valence-corrected chi connectivity index (χ0v) is 15.4. The van der Waals surface area contributed by atoms with Crippen molar-refractivity contribution in [2.24, 2.45) is 0 Å². The Bertz CT molecular complexity index is 1050. The molecule has 0 atom stereocenters. The number of rotatable bonds is 6. The van der Waals surface area contributed by atoms with Gasteiger partial charge in [-0.25, -0.2) is 0 Å². The largest absolute Gasteiger partial charge is 0.378 e. The van der Waals surface area contributed by atoms with Crippen molar-refractivity contribution < 1.29 is 4.79 Å². The van der Waals surface area contributed by atoms with Gasteiger partial charge in [0, 0.05) is 28.6 Å². The van der Waals surface area contributed by atoms with Gasteiger partial charge in [0.15, 0.2) is 5.78 Å². The fourth-order valence-electron chi connectivity index (χ4n) is 3.22. The Kier molecular flexibility index (Phi) is 5.25. The van der Waals surface area contributed by atoms with Gasteiger partial charge in [0.05, 0.1) is 12.2 Å². The van der Waals surface area contributed by atoms with Crippen molar-refractivity contribution in [1.29, 1.82) is 0 Å². The first kappa shape index (κ1) is 17.7. The van der Waals surface area contributed by atoms with Gasteiger partial charge in [-0.3, -0.25) is 9.78 Å². The van der Waals surface area contributed by atoms with Crippen molar-refractivity contribution in [2.75, 3.05) is 0 Å². The number of carbonyl (C=O) groups excluding carboxylic acids is 1. The number of hydrogen-bond donors (Lipinski definition) is 1. The summed E-state index contributed by atoms with van der Waals surface area (Å²) in [5.74, 6) is 0.0219. The number of nitrogens with one attached hydrogen (secondary N) is 1. The van der Waals surface area contributed by atoms with Crippen LogP contribution in [0.2, 0.25) is 0 Å². The maximum absolute atomic E-state index is 13.1.